The molecule has 0 unspecified atom stereocenters. The number of aromatic nitrogens is 1. The number of carbonyl (C=O) groups is 1. The first-order valence-electron chi connectivity index (χ1n) is 9.44. The maximum atomic E-state index is 12.8. The number of halogens is 2. The zero-order valence-electron chi connectivity index (χ0n) is 16.2. The summed E-state index contributed by atoms with van der Waals surface area (Å²) in [5.41, 5.74) is 2.69. The molecule has 0 aliphatic heterocycles. The Labute approximate surface area is 206 Å². The fraction of sp³-hybridized carbons (Fsp3) is 0. The number of hydrogen-bond acceptors (Lipinski definition) is 5. The van der Waals surface area contributed by atoms with Crippen LogP contribution in [0, 0.1) is 0 Å². The maximum absolute atomic E-state index is 12.8. The first-order valence-corrected chi connectivity index (χ1v) is 12.2. The monoisotopic (exact) mass is 513 g/mol. The van der Waals surface area contributed by atoms with Crippen LogP contribution in [0.4, 0.5) is 5.69 Å². The number of nitrogens with one attached hydrogen (secondary N) is 2. The third-order valence-corrected chi connectivity index (χ3v) is 7.87. The molecule has 2 aromatic heterocycles. The first kappa shape index (κ1) is 21.3. The van der Waals surface area contributed by atoms with Gasteiger partial charge in [-0.25, -0.2) is 4.98 Å². The topological polar surface area (TPSA) is 54.0 Å². The summed E-state index contributed by atoms with van der Waals surface area (Å²) in [5, 5.41) is 8.63. The number of thiophene rings is 1. The van der Waals surface area contributed by atoms with Crippen LogP contribution in [0.3, 0.4) is 0 Å². The van der Waals surface area contributed by atoms with Gasteiger partial charge in [-0.1, -0.05) is 53.5 Å². The molecule has 4 nitrogen and oxygen atoms in total. The van der Waals surface area contributed by atoms with E-state index in [9.17, 15) is 4.79 Å². The quantitative estimate of drug-likeness (QED) is 0.243. The molecule has 2 N–H and O–H groups in total. The van der Waals surface area contributed by atoms with E-state index in [1.165, 1.54) is 11.3 Å². The van der Waals surface area contributed by atoms with Crippen molar-refractivity contribution in [1.29, 1.82) is 0 Å². The standard InChI is InChI=1S/C23H13Cl2N3OS3/c24-13-8-9-15-18(11-13)31-20(19(15)25)21(29)28-23(30)26-14-5-3-4-12(10-14)22-27-16-6-1-2-7-17(16)32-22/h1-11H,(H2,26,28,29,30). The van der Waals surface area contributed by atoms with Crippen LogP contribution < -0.4 is 10.6 Å². The number of thiazole rings is 1. The van der Waals surface area contributed by atoms with Crippen LogP contribution in [-0.4, -0.2) is 16.0 Å². The number of hydrogen-bond donors (Lipinski definition) is 2. The Kier molecular flexibility index (Phi) is 5.84. The molecule has 0 fully saturated rings. The highest BCUT2D eigenvalue weighted by atomic mass is 35.5. The second-order valence-electron chi connectivity index (χ2n) is 6.86. The van der Waals surface area contributed by atoms with Gasteiger partial charge in [-0.15, -0.1) is 22.7 Å². The lowest BCUT2D eigenvalue weighted by molar-refractivity contribution is 0.0982. The summed E-state index contributed by atoms with van der Waals surface area (Å²) in [7, 11) is 0. The summed E-state index contributed by atoms with van der Waals surface area (Å²) in [6, 6.07) is 21.1. The average molecular weight is 514 g/mol. The van der Waals surface area contributed by atoms with Gasteiger partial charge < -0.3 is 5.32 Å². The van der Waals surface area contributed by atoms with E-state index in [0.29, 0.717) is 14.9 Å². The van der Waals surface area contributed by atoms with Gasteiger partial charge >= 0.3 is 0 Å². The van der Waals surface area contributed by atoms with Crippen molar-refractivity contribution in [2.45, 2.75) is 0 Å². The van der Waals surface area contributed by atoms with Crippen molar-refractivity contribution in [3.8, 4) is 10.6 Å². The highest BCUT2D eigenvalue weighted by molar-refractivity contribution is 7.80. The first-order chi connectivity index (χ1) is 15.5. The van der Waals surface area contributed by atoms with E-state index in [0.717, 1.165) is 36.6 Å². The molecular formula is C23H13Cl2N3OS3. The molecule has 0 aliphatic carbocycles. The molecule has 0 spiro atoms. The summed E-state index contributed by atoms with van der Waals surface area (Å²) in [4.78, 5) is 17.8. The Balaban J connectivity index is 1.33. The van der Waals surface area contributed by atoms with E-state index in [1.807, 2.05) is 42.5 Å². The van der Waals surface area contributed by atoms with E-state index in [-0.39, 0.29) is 11.0 Å². The number of rotatable bonds is 3. The Morgan fingerprint density at radius 3 is 2.62 bits per heavy atom. The van der Waals surface area contributed by atoms with Crippen molar-refractivity contribution in [3.05, 3.63) is 81.7 Å². The zero-order valence-corrected chi connectivity index (χ0v) is 20.1. The average Bonchev–Trinajstić information content (AvgIpc) is 3.35. The summed E-state index contributed by atoms with van der Waals surface area (Å²) in [6.45, 7) is 0. The minimum absolute atomic E-state index is 0.183. The van der Waals surface area contributed by atoms with Crippen LogP contribution in [0.25, 0.3) is 30.9 Å². The molecule has 1 amide bonds. The number of nitrogens with zero attached hydrogens (tertiary/aromatic N) is 1. The van der Waals surface area contributed by atoms with Gasteiger partial charge in [-0.3, -0.25) is 10.1 Å². The van der Waals surface area contributed by atoms with Crippen LogP contribution in [-0.2, 0) is 0 Å². The minimum Gasteiger partial charge on any atom is -0.332 e. The predicted octanol–water partition coefficient (Wildman–Crippen LogP) is 7.61. The van der Waals surface area contributed by atoms with Gasteiger partial charge in [0.05, 0.1) is 15.2 Å². The van der Waals surface area contributed by atoms with Crippen molar-refractivity contribution in [2.24, 2.45) is 0 Å². The van der Waals surface area contributed by atoms with Gasteiger partial charge in [-0.2, -0.15) is 0 Å². The highest BCUT2D eigenvalue weighted by Crippen LogP contribution is 2.36. The molecule has 9 heteroatoms. The van der Waals surface area contributed by atoms with Gasteiger partial charge in [0.25, 0.3) is 5.91 Å². The van der Waals surface area contributed by atoms with E-state index in [2.05, 4.69) is 16.7 Å². The fourth-order valence-corrected chi connectivity index (χ4v) is 6.09. The Morgan fingerprint density at radius 1 is 0.938 bits per heavy atom. The molecular weight excluding hydrogens is 501 g/mol. The SMILES string of the molecule is O=C(NC(=S)Nc1cccc(-c2nc3ccccc3s2)c1)c1sc2cc(Cl)ccc2c1Cl. The van der Waals surface area contributed by atoms with Crippen LogP contribution in [0.15, 0.2) is 66.7 Å². The van der Waals surface area contributed by atoms with E-state index in [1.54, 1.807) is 29.5 Å². The van der Waals surface area contributed by atoms with Crippen molar-refractivity contribution in [2.75, 3.05) is 5.32 Å². The highest BCUT2D eigenvalue weighted by Gasteiger charge is 2.18. The number of fused-ring (bicyclic) bond motifs is 2. The Bertz CT molecular complexity index is 1480. The summed E-state index contributed by atoms with van der Waals surface area (Å²) in [5.74, 6) is -0.368. The Hall–Kier alpha value is -2.55. The van der Waals surface area contributed by atoms with E-state index >= 15 is 0 Å². The molecule has 0 saturated heterocycles. The number of thiocarbonyl (C=S) groups is 1. The van der Waals surface area contributed by atoms with Gasteiger partial charge in [0.2, 0.25) is 0 Å². The second-order valence-corrected chi connectivity index (χ2v) is 10.2. The zero-order chi connectivity index (χ0) is 22.2. The lowest BCUT2D eigenvalue weighted by Crippen LogP contribution is -2.33. The van der Waals surface area contributed by atoms with Gasteiger partial charge in [0, 0.05) is 26.4 Å². The number of carbonyl (C=O) groups excluding carboxylic acids is 1. The third kappa shape index (κ3) is 4.22. The molecule has 0 atom stereocenters. The maximum Gasteiger partial charge on any atom is 0.269 e. The van der Waals surface area contributed by atoms with Crippen LogP contribution >= 0.6 is 58.1 Å². The molecule has 3 aromatic carbocycles. The number of benzene rings is 3. The largest absolute Gasteiger partial charge is 0.332 e. The van der Waals surface area contributed by atoms with Crippen LogP contribution in [0.5, 0.6) is 0 Å². The molecule has 0 saturated carbocycles. The molecule has 0 aliphatic rings. The summed E-state index contributed by atoms with van der Waals surface area (Å²) >= 11 is 20.7. The molecule has 0 bridgehead atoms. The molecule has 5 aromatic rings. The Morgan fingerprint density at radius 2 is 1.78 bits per heavy atom. The summed E-state index contributed by atoms with van der Waals surface area (Å²) < 4.78 is 1.97. The van der Waals surface area contributed by atoms with Crippen molar-refractivity contribution >= 4 is 95.1 Å². The van der Waals surface area contributed by atoms with Crippen molar-refractivity contribution in [3.63, 3.8) is 0 Å². The van der Waals surface area contributed by atoms with Gasteiger partial charge in [-0.05, 0) is 48.6 Å². The minimum atomic E-state index is -0.368. The third-order valence-electron chi connectivity index (χ3n) is 4.69. The van der Waals surface area contributed by atoms with Crippen molar-refractivity contribution in [1.82, 2.24) is 10.3 Å². The molecule has 158 valence electrons. The molecule has 0 radical (unpaired) electrons. The van der Waals surface area contributed by atoms with E-state index in [4.69, 9.17) is 40.4 Å². The van der Waals surface area contributed by atoms with Crippen molar-refractivity contribution < 1.29 is 4.79 Å². The van der Waals surface area contributed by atoms with Gasteiger partial charge in [0.1, 0.15) is 9.88 Å². The van der Waals surface area contributed by atoms with Crippen LogP contribution in [0.1, 0.15) is 9.67 Å². The normalized spacial score (nSPS) is 11.1. The van der Waals surface area contributed by atoms with Crippen LogP contribution in [0.2, 0.25) is 10.0 Å². The number of amides is 1. The van der Waals surface area contributed by atoms with E-state index < -0.39 is 0 Å². The van der Waals surface area contributed by atoms with Gasteiger partial charge in [0.15, 0.2) is 5.11 Å². The lowest BCUT2D eigenvalue weighted by Gasteiger charge is -2.10. The molecule has 2 heterocycles. The number of anilines is 1. The second kappa shape index (κ2) is 8.77. The number of para-hydroxylation sites is 1. The summed E-state index contributed by atoms with van der Waals surface area (Å²) in [6.07, 6.45) is 0. The smallest absolute Gasteiger partial charge is 0.269 e. The molecule has 5 rings (SSSR count). The lowest BCUT2D eigenvalue weighted by atomic mass is 10.2. The fourth-order valence-electron chi connectivity index (χ4n) is 3.23. The predicted molar refractivity (Wildman–Crippen MR) is 141 cm³/mol. The molecule has 32 heavy (non-hydrogen) atoms.